The molecule has 0 aliphatic rings. The van der Waals surface area contributed by atoms with Crippen molar-refractivity contribution in [1.29, 1.82) is 0 Å². The zero-order valence-corrected chi connectivity index (χ0v) is 12.1. The molecule has 5 heteroatoms. The number of pyridine rings is 1. The average molecular weight is 328 g/mol. The molecule has 1 aromatic carbocycles. The fraction of sp³-hybridized carbons (Fsp3) is 0.154. The monoisotopic (exact) mass is 326 g/mol. The highest BCUT2D eigenvalue weighted by Gasteiger charge is 2.02. The van der Waals surface area contributed by atoms with Crippen molar-refractivity contribution in [1.82, 2.24) is 4.98 Å². The second-order valence-electron chi connectivity index (χ2n) is 3.65. The van der Waals surface area contributed by atoms with Gasteiger partial charge in [0.2, 0.25) is 0 Å². The molecule has 0 aliphatic carbocycles. The summed E-state index contributed by atoms with van der Waals surface area (Å²) in [5.41, 5.74) is 1.89. The van der Waals surface area contributed by atoms with Crippen LogP contribution in [0.3, 0.4) is 0 Å². The van der Waals surface area contributed by atoms with Crippen LogP contribution in [0.2, 0.25) is 5.02 Å². The molecule has 2 aromatic rings. The van der Waals surface area contributed by atoms with Gasteiger partial charge in [-0.25, -0.2) is 4.98 Å². The van der Waals surface area contributed by atoms with Gasteiger partial charge < -0.3 is 10.1 Å². The number of methoxy groups -OCH3 is 1. The number of hydrogen-bond donors (Lipinski definition) is 1. The second-order valence-corrected chi connectivity index (χ2v) is 4.87. The Kier molecular flexibility index (Phi) is 4.44. The zero-order chi connectivity index (χ0) is 13.0. The van der Waals surface area contributed by atoms with Crippen LogP contribution in [0.4, 0.5) is 5.69 Å². The SMILES string of the molecule is COc1ccc(NCc2cccc(Br)n2)cc1Cl. The van der Waals surface area contributed by atoms with Crippen molar-refractivity contribution in [2.24, 2.45) is 0 Å². The van der Waals surface area contributed by atoms with Gasteiger partial charge in [0.05, 0.1) is 24.4 Å². The Hall–Kier alpha value is -1.26. The third kappa shape index (κ3) is 3.37. The van der Waals surface area contributed by atoms with Gasteiger partial charge in [0.1, 0.15) is 10.4 Å². The predicted molar refractivity (Wildman–Crippen MR) is 77.3 cm³/mol. The van der Waals surface area contributed by atoms with Crippen LogP contribution in [-0.2, 0) is 6.54 Å². The minimum atomic E-state index is 0.588. The van der Waals surface area contributed by atoms with Crippen LogP contribution in [0.25, 0.3) is 0 Å². The smallest absolute Gasteiger partial charge is 0.137 e. The molecule has 0 unspecified atom stereocenters. The van der Waals surface area contributed by atoms with Crippen molar-refractivity contribution >= 4 is 33.2 Å². The lowest BCUT2D eigenvalue weighted by Crippen LogP contribution is -2.01. The molecule has 0 bridgehead atoms. The van der Waals surface area contributed by atoms with Crippen LogP contribution >= 0.6 is 27.5 Å². The maximum absolute atomic E-state index is 6.05. The Balaban J connectivity index is 2.04. The van der Waals surface area contributed by atoms with Gasteiger partial charge in [0, 0.05) is 5.69 Å². The summed E-state index contributed by atoms with van der Waals surface area (Å²) in [7, 11) is 1.60. The molecule has 1 aromatic heterocycles. The number of benzene rings is 1. The van der Waals surface area contributed by atoms with Crippen molar-refractivity contribution in [2.75, 3.05) is 12.4 Å². The molecule has 0 saturated carbocycles. The van der Waals surface area contributed by atoms with Gasteiger partial charge in [-0.2, -0.15) is 0 Å². The van der Waals surface area contributed by atoms with E-state index in [-0.39, 0.29) is 0 Å². The molecule has 0 amide bonds. The second kappa shape index (κ2) is 6.07. The lowest BCUT2D eigenvalue weighted by atomic mass is 10.3. The molecule has 0 atom stereocenters. The van der Waals surface area contributed by atoms with E-state index in [2.05, 4.69) is 26.2 Å². The molecule has 0 aliphatic heterocycles. The van der Waals surface area contributed by atoms with Crippen LogP contribution in [-0.4, -0.2) is 12.1 Å². The average Bonchev–Trinajstić information content (AvgIpc) is 2.37. The molecule has 2 rings (SSSR count). The van der Waals surface area contributed by atoms with Gasteiger partial charge in [-0.1, -0.05) is 17.7 Å². The summed E-state index contributed by atoms with van der Waals surface area (Å²) in [5.74, 6) is 0.669. The molecular formula is C13H12BrClN2O. The van der Waals surface area contributed by atoms with Gasteiger partial charge in [0.15, 0.2) is 0 Å². The number of hydrogen-bond acceptors (Lipinski definition) is 3. The standard InChI is InChI=1S/C13H12BrClN2O/c1-18-12-6-5-9(7-11(12)15)16-8-10-3-2-4-13(14)17-10/h2-7,16H,8H2,1H3. The molecule has 0 saturated heterocycles. The lowest BCUT2D eigenvalue weighted by molar-refractivity contribution is 0.415. The van der Waals surface area contributed by atoms with E-state index in [0.29, 0.717) is 17.3 Å². The van der Waals surface area contributed by atoms with Gasteiger partial charge >= 0.3 is 0 Å². The summed E-state index contributed by atoms with van der Waals surface area (Å²) < 4.78 is 5.93. The summed E-state index contributed by atoms with van der Waals surface area (Å²) in [6, 6.07) is 11.4. The first-order chi connectivity index (χ1) is 8.69. The minimum Gasteiger partial charge on any atom is -0.495 e. The van der Waals surface area contributed by atoms with Crippen molar-refractivity contribution in [3.63, 3.8) is 0 Å². The number of nitrogens with zero attached hydrogens (tertiary/aromatic N) is 1. The van der Waals surface area contributed by atoms with Gasteiger partial charge in [-0.05, 0) is 46.3 Å². The van der Waals surface area contributed by atoms with Gasteiger partial charge in [0.25, 0.3) is 0 Å². The molecule has 0 radical (unpaired) electrons. The molecule has 1 heterocycles. The Morgan fingerprint density at radius 2 is 2.17 bits per heavy atom. The number of anilines is 1. The molecule has 1 N–H and O–H groups in total. The topological polar surface area (TPSA) is 34.1 Å². The summed E-state index contributed by atoms with van der Waals surface area (Å²) >= 11 is 9.39. The highest BCUT2D eigenvalue weighted by atomic mass is 79.9. The van der Waals surface area contributed by atoms with E-state index in [4.69, 9.17) is 16.3 Å². The molecule has 94 valence electrons. The van der Waals surface area contributed by atoms with E-state index in [9.17, 15) is 0 Å². The Labute approximate surface area is 119 Å². The van der Waals surface area contributed by atoms with Crippen molar-refractivity contribution < 1.29 is 4.74 Å². The first-order valence-corrected chi connectivity index (χ1v) is 6.55. The Morgan fingerprint density at radius 3 is 2.83 bits per heavy atom. The molecule has 0 spiro atoms. The first kappa shape index (κ1) is 13.2. The predicted octanol–water partition coefficient (Wildman–Crippen LogP) is 4.12. The number of nitrogens with one attached hydrogen (secondary N) is 1. The van der Waals surface area contributed by atoms with E-state index in [1.807, 2.05) is 36.4 Å². The van der Waals surface area contributed by atoms with Crippen LogP contribution in [0.15, 0.2) is 41.0 Å². The molecule has 18 heavy (non-hydrogen) atoms. The largest absolute Gasteiger partial charge is 0.495 e. The minimum absolute atomic E-state index is 0.588. The van der Waals surface area contributed by atoms with Gasteiger partial charge in [-0.15, -0.1) is 0 Å². The number of aromatic nitrogens is 1. The normalized spacial score (nSPS) is 10.2. The number of rotatable bonds is 4. The maximum atomic E-state index is 6.05. The quantitative estimate of drug-likeness (QED) is 0.858. The van der Waals surface area contributed by atoms with Crippen LogP contribution in [0.1, 0.15) is 5.69 Å². The molecule has 3 nitrogen and oxygen atoms in total. The van der Waals surface area contributed by atoms with Gasteiger partial charge in [-0.3, -0.25) is 0 Å². The number of ether oxygens (including phenoxy) is 1. The third-order valence-electron chi connectivity index (χ3n) is 2.40. The summed E-state index contributed by atoms with van der Waals surface area (Å²) in [4.78, 5) is 4.34. The third-order valence-corrected chi connectivity index (χ3v) is 3.14. The Morgan fingerprint density at radius 1 is 1.33 bits per heavy atom. The molecular weight excluding hydrogens is 316 g/mol. The van der Waals surface area contributed by atoms with E-state index < -0.39 is 0 Å². The lowest BCUT2D eigenvalue weighted by Gasteiger charge is -2.08. The van der Waals surface area contributed by atoms with E-state index in [1.54, 1.807) is 7.11 Å². The summed E-state index contributed by atoms with van der Waals surface area (Å²) in [6.07, 6.45) is 0. The van der Waals surface area contributed by atoms with Crippen LogP contribution in [0.5, 0.6) is 5.75 Å². The highest BCUT2D eigenvalue weighted by Crippen LogP contribution is 2.27. The fourth-order valence-electron chi connectivity index (χ4n) is 1.52. The van der Waals surface area contributed by atoms with Crippen LogP contribution < -0.4 is 10.1 Å². The van der Waals surface area contributed by atoms with Crippen LogP contribution in [0, 0.1) is 0 Å². The maximum Gasteiger partial charge on any atom is 0.137 e. The first-order valence-electron chi connectivity index (χ1n) is 5.38. The van der Waals surface area contributed by atoms with E-state index in [0.717, 1.165) is 16.0 Å². The van der Waals surface area contributed by atoms with Crippen molar-refractivity contribution in [2.45, 2.75) is 6.54 Å². The zero-order valence-electron chi connectivity index (χ0n) is 9.78. The number of halogens is 2. The van der Waals surface area contributed by atoms with E-state index in [1.165, 1.54) is 0 Å². The van der Waals surface area contributed by atoms with E-state index >= 15 is 0 Å². The van der Waals surface area contributed by atoms with Crippen molar-refractivity contribution in [3.8, 4) is 5.75 Å². The molecule has 0 fully saturated rings. The summed E-state index contributed by atoms with van der Waals surface area (Å²) in [5, 5.41) is 3.84. The summed E-state index contributed by atoms with van der Waals surface area (Å²) in [6.45, 7) is 0.641. The van der Waals surface area contributed by atoms with Crippen molar-refractivity contribution in [3.05, 3.63) is 51.7 Å². The highest BCUT2D eigenvalue weighted by molar-refractivity contribution is 9.10. The fourth-order valence-corrected chi connectivity index (χ4v) is 2.16. The Bertz CT molecular complexity index is 548.